The lowest BCUT2D eigenvalue weighted by atomic mass is 9.98. The predicted molar refractivity (Wildman–Crippen MR) is 67.5 cm³/mol. The molecule has 1 heterocycles. The van der Waals surface area contributed by atoms with Crippen molar-refractivity contribution < 1.29 is 14.7 Å². The minimum atomic E-state index is -0.294. The fourth-order valence-electron chi connectivity index (χ4n) is 2.28. The van der Waals surface area contributed by atoms with E-state index < -0.39 is 0 Å². The number of amides is 2. The summed E-state index contributed by atoms with van der Waals surface area (Å²) in [4.78, 5) is 23.2. The van der Waals surface area contributed by atoms with Crippen molar-refractivity contribution in [3.8, 4) is 0 Å². The van der Waals surface area contributed by atoms with Crippen molar-refractivity contribution in [2.45, 2.75) is 32.1 Å². The zero-order chi connectivity index (χ0) is 13.0. The first kappa shape index (κ1) is 12.8. The Balaban J connectivity index is 2.02. The number of imide groups is 1. The van der Waals surface area contributed by atoms with Crippen LogP contribution >= 0.6 is 0 Å². The molecule has 1 aromatic carbocycles. The van der Waals surface area contributed by atoms with Gasteiger partial charge in [0.25, 0.3) is 11.8 Å². The molecule has 0 saturated heterocycles. The van der Waals surface area contributed by atoms with Crippen molar-refractivity contribution in [3.63, 3.8) is 0 Å². The highest BCUT2D eigenvalue weighted by Crippen LogP contribution is 2.21. The molecule has 18 heavy (non-hydrogen) atoms. The van der Waals surface area contributed by atoms with E-state index in [0.717, 1.165) is 37.7 Å². The molecule has 0 radical (unpaired) electrons. The molecule has 0 spiro atoms. The monoisotopic (exact) mass is 247 g/mol. The molecule has 0 saturated carbocycles. The van der Waals surface area contributed by atoms with Crippen LogP contribution in [-0.4, -0.2) is 23.5 Å². The van der Waals surface area contributed by atoms with Crippen LogP contribution in [0.2, 0.25) is 0 Å². The molecule has 1 aromatic rings. The van der Waals surface area contributed by atoms with Crippen molar-refractivity contribution in [2.75, 3.05) is 6.61 Å². The SMILES string of the molecule is O=C1NC(=O)c2c(CCCCCCO)cccc21. The van der Waals surface area contributed by atoms with Gasteiger partial charge in [-0.2, -0.15) is 0 Å². The predicted octanol–water partition coefficient (Wildman–Crippen LogP) is 1.67. The first-order chi connectivity index (χ1) is 8.74. The van der Waals surface area contributed by atoms with Gasteiger partial charge in [0.15, 0.2) is 0 Å². The summed E-state index contributed by atoms with van der Waals surface area (Å²) in [5.41, 5.74) is 1.98. The number of rotatable bonds is 6. The summed E-state index contributed by atoms with van der Waals surface area (Å²) in [6.07, 6.45) is 4.62. The maximum Gasteiger partial charge on any atom is 0.259 e. The number of aliphatic hydroxyl groups is 1. The molecule has 1 aliphatic rings. The summed E-state index contributed by atoms with van der Waals surface area (Å²) < 4.78 is 0. The van der Waals surface area contributed by atoms with Gasteiger partial charge >= 0.3 is 0 Å². The topological polar surface area (TPSA) is 66.4 Å². The number of hydrogen-bond acceptors (Lipinski definition) is 3. The molecule has 1 aliphatic heterocycles. The second-order valence-corrected chi connectivity index (χ2v) is 4.51. The number of hydrogen-bond donors (Lipinski definition) is 2. The van der Waals surface area contributed by atoms with Crippen LogP contribution in [0.25, 0.3) is 0 Å². The van der Waals surface area contributed by atoms with Gasteiger partial charge < -0.3 is 5.11 Å². The Kier molecular flexibility index (Phi) is 4.10. The lowest BCUT2D eigenvalue weighted by Gasteiger charge is -2.05. The molecule has 0 fully saturated rings. The van der Waals surface area contributed by atoms with Crippen LogP contribution < -0.4 is 5.32 Å². The Morgan fingerprint density at radius 3 is 2.56 bits per heavy atom. The second-order valence-electron chi connectivity index (χ2n) is 4.51. The maximum atomic E-state index is 11.7. The van der Waals surface area contributed by atoms with Crippen molar-refractivity contribution in [1.29, 1.82) is 0 Å². The third kappa shape index (κ3) is 2.59. The highest BCUT2D eigenvalue weighted by atomic mass is 16.3. The molecule has 2 rings (SSSR count). The first-order valence-corrected chi connectivity index (χ1v) is 6.32. The zero-order valence-electron chi connectivity index (χ0n) is 10.2. The number of aryl methyl sites for hydroxylation is 1. The number of benzene rings is 1. The van der Waals surface area contributed by atoms with Gasteiger partial charge in [-0.15, -0.1) is 0 Å². The quantitative estimate of drug-likeness (QED) is 0.593. The Morgan fingerprint density at radius 2 is 1.78 bits per heavy atom. The number of nitrogens with one attached hydrogen (secondary N) is 1. The van der Waals surface area contributed by atoms with Gasteiger partial charge in [-0.1, -0.05) is 25.0 Å². The van der Waals surface area contributed by atoms with Gasteiger partial charge in [-0.3, -0.25) is 14.9 Å². The smallest absolute Gasteiger partial charge is 0.259 e. The summed E-state index contributed by atoms with van der Waals surface area (Å²) in [7, 11) is 0. The average molecular weight is 247 g/mol. The normalized spacial score (nSPS) is 13.6. The number of carbonyl (C=O) groups is 2. The zero-order valence-corrected chi connectivity index (χ0v) is 10.2. The minimum Gasteiger partial charge on any atom is -0.396 e. The molecule has 2 amide bonds. The van der Waals surface area contributed by atoms with Crippen LogP contribution in [-0.2, 0) is 6.42 Å². The molecule has 4 heteroatoms. The summed E-state index contributed by atoms with van der Waals surface area (Å²) in [6.45, 7) is 0.234. The summed E-state index contributed by atoms with van der Waals surface area (Å²) in [5.74, 6) is -0.571. The van der Waals surface area contributed by atoms with Crippen LogP contribution in [0.5, 0.6) is 0 Å². The summed E-state index contributed by atoms with van der Waals surface area (Å²) in [6, 6.07) is 5.41. The standard InChI is InChI=1S/C14H17NO3/c16-9-4-2-1-3-6-10-7-5-8-11-12(10)14(18)15-13(11)17/h5,7-8,16H,1-4,6,9H2,(H,15,17,18). The number of carbonyl (C=O) groups excluding carboxylic acids is 2. The first-order valence-electron chi connectivity index (χ1n) is 6.32. The van der Waals surface area contributed by atoms with Gasteiger partial charge in [0.2, 0.25) is 0 Å². The van der Waals surface area contributed by atoms with Gasteiger partial charge in [-0.05, 0) is 30.9 Å². The number of fused-ring (bicyclic) bond motifs is 1. The third-order valence-electron chi connectivity index (χ3n) is 3.20. The fraction of sp³-hybridized carbons (Fsp3) is 0.429. The van der Waals surface area contributed by atoms with Gasteiger partial charge in [0.05, 0.1) is 11.1 Å². The van der Waals surface area contributed by atoms with Crippen molar-refractivity contribution in [1.82, 2.24) is 5.32 Å². The molecule has 0 aliphatic carbocycles. The van der Waals surface area contributed by atoms with E-state index in [4.69, 9.17) is 5.11 Å². The number of unbranched alkanes of at least 4 members (excludes halogenated alkanes) is 3. The average Bonchev–Trinajstić information content (AvgIpc) is 2.66. The van der Waals surface area contributed by atoms with Gasteiger partial charge in [0, 0.05) is 6.61 Å². The van der Waals surface area contributed by atoms with Crippen molar-refractivity contribution >= 4 is 11.8 Å². The molecule has 0 aromatic heterocycles. The van der Waals surface area contributed by atoms with E-state index in [2.05, 4.69) is 5.32 Å². The van der Waals surface area contributed by atoms with Crippen LogP contribution in [0.1, 0.15) is 52.0 Å². The fourth-order valence-corrected chi connectivity index (χ4v) is 2.28. The Hall–Kier alpha value is -1.68. The van der Waals surface area contributed by atoms with Crippen molar-refractivity contribution in [3.05, 3.63) is 34.9 Å². The van der Waals surface area contributed by atoms with Crippen LogP contribution in [0, 0.1) is 0 Å². The Bertz CT molecular complexity index is 468. The van der Waals surface area contributed by atoms with Gasteiger partial charge in [0.1, 0.15) is 0 Å². The van der Waals surface area contributed by atoms with Crippen LogP contribution in [0.15, 0.2) is 18.2 Å². The van der Waals surface area contributed by atoms with Crippen LogP contribution in [0.4, 0.5) is 0 Å². The van der Waals surface area contributed by atoms with Gasteiger partial charge in [-0.25, -0.2) is 0 Å². The third-order valence-corrected chi connectivity index (χ3v) is 3.20. The lowest BCUT2D eigenvalue weighted by Crippen LogP contribution is -2.20. The molecule has 4 nitrogen and oxygen atoms in total. The molecular formula is C14H17NO3. The van der Waals surface area contributed by atoms with E-state index in [1.807, 2.05) is 12.1 Å². The lowest BCUT2D eigenvalue weighted by molar-refractivity contribution is 0.0879. The summed E-state index contributed by atoms with van der Waals surface area (Å²) in [5, 5.41) is 11.0. The molecule has 0 unspecified atom stereocenters. The highest BCUT2D eigenvalue weighted by molar-refractivity contribution is 6.22. The van der Waals surface area contributed by atoms with E-state index in [9.17, 15) is 9.59 Å². The molecular weight excluding hydrogens is 230 g/mol. The molecule has 2 N–H and O–H groups in total. The second kappa shape index (κ2) is 5.78. The largest absolute Gasteiger partial charge is 0.396 e. The number of aliphatic hydroxyl groups excluding tert-OH is 1. The van der Waals surface area contributed by atoms with E-state index in [1.54, 1.807) is 6.07 Å². The van der Waals surface area contributed by atoms with E-state index >= 15 is 0 Å². The van der Waals surface area contributed by atoms with E-state index in [-0.39, 0.29) is 18.4 Å². The molecule has 96 valence electrons. The maximum absolute atomic E-state index is 11.7. The molecule has 0 atom stereocenters. The molecule has 0 bridgehead atoms. The summed E-state index contributed by atoms with van der Waals surface area (Å²) >= 11 is 0. The van der Waals surface area contributed by atoms with Crippen molar-refractivity contribution in [2.24, 2.45) is 0 Å². The van der Waals surface area contributed by atoms with E-state index in [1.165, 1.54) is 0 Å². The van der Waals surface area contributed by atoms with Crippen LogP contribution in [0.3, 0.4) is 0 Å². The Morgan fingerprint density at radius 1 is 1.00 bits per heavy atom. The highest BCUT2D eigenvalue weighted by Gasteiger charge is 2.28. The minimum absolute atomic E-state index is 0.234. The Labute approximate surface area is 106 Å². The van der Waals surface area contributed by atoms with E-state index in [0.29, 0.717) is 11.1 Å².